The van der Waals surface area contributed by atoms with Gasteiger partial charge in [0.1, 0.15) is 6.17 Å². The van der Waals surface area contributed by atoms with Gasteiger partial charge in [0.05, 0.1) is 0 Å². The molecule has 3 rings (SSSR count). The van der Waals surface area contributed by atoms with Crippen molar-refractivity contribution in [2.45, 2.75) is 39.4 Å². The zero-order valence-corrected chi connectivity index (χ0v) is 13.6. The van der Waals surface area contributed by atoms with E-state index in [1.807, 2.05) is 47.4 Å². The number of amides is 1. The van der Waals surface area contributed by atoms with Crippen molar-refractivity contribution in [3.8, 4) is 0 Å². The second-order valence-electron chi connectivity index (χ2n) is 6.84. The second kappa shape index (κ2) is 5.25. The van der Waals surface area contributed by atoms with Crippen LogP contribution in [0.1, 0.15) is 48.4 Å². The zero-order chi connectivity index (χ0) is 15.9. The van der Waals surface area contributed by atoms with E-state index in [1.54, 1.807) is 0 Å². The molecule has 0 spiro atoms. The first kappa shape index (κ1) is 14.8. The number of carbonyl (C=O) groups excluding carboxylic acids is 1. The number of nitrogens with zero attached hydrogens (tertiary/aromatic N) is 1. The Labute approximate surface area is 132 Å². The van der Waals surface area contributed by atoms with Crippen LogP contribution >= 0.6 is 0 Å². The van der Waals surface area contributed by atoms with Crippen LogP contribution in [0.5, 0.6) is 0 Å². The SMILES string of the molecule is Cc1cccc2c1C(NC(C)(C)C)N(c1ccccc1)C2=O. The van der Waals surface area contributed by atoms with E-state index >= 15 is 0 Å². The van der Waals surface area contributed by atoms with Gasteiger partial charge in [0.15, 0.2) is 0 Å². The van der Waals surface area contributed by atoms with E-state index in [0.29, 0.717) is 0 Å². The standard InChI is InChI=1S/C19H22N2O/c1-13-9-8-12-15-16(13)17(20-19(2,3)4)21(18(15)22)14-10-6-5-7-11-14/h5-12,17,20H,1-4H3. The quantitative estimate of drug-likeness (QED) is 0.906. The minimum Gasteiger partial charge on any atom is -0.288 e. The van der Waals surface area contributed by atoms with Gasteiger partial charge in [-0.05, 0) is 51.5 Å². The summed E-state index contributed by atoms with van der Waals surface area (Å²) in [6.45, 7) is 8.43. The summed E-state index contributed by atoms with van der Waals surface area (Å²) in [6, 6.07) is 15.8. The van der Waals surface area contributed by atoms with Crippen molar-refractivity contribution in [1.29, 1.82) is 0 Å². The Kier molecular flexibility index (Phi) is 3.53. The third-order valence-electron chi connectivity index (χ3n) is 3.91. The van der Waals surface area contributed by atoms with E-state index in [-0.39, 0.29) is 17.6 Å². The number of nitrogens with one attached hydrogen (secondary N) is 1. The van der Waals surface area contributed by atoms with Crippen LogP contribution in [-0.4, -0.2) is 11.4 Å². The van der Waals surface area contributed by atoms with Crippen LogP contribution in [0, 0.1) is 6.92 Å². The number of carbonyl (C=O) groups is 1. The first-order valence-electron chi connectivity index (χ1n) is 7.64. The minimum absolute atomic E-state index is 0.0617. The lowest BCUT2D eigenvalue weighted by Crippen LogP contribution is -2.46. The Bertz CT molecular complexity index is 701. The third-order valence-corrected chi connectivity index (χ3v) is 3.91. The van der Waals surface area contributed by atoms with Crippen molar-refractivity contribution < 1.29 is 4.79 Å². The normalized spacial score (nSPS) is 17.7. The molecule has 0 aromatic heterocycles. The van der Waals surface area contributed by atoms with Gasteiger partial charge in [0.2, 0.25) is 0 Å². The average Bonchev–Trinajstić information content (AvgIpc) is 2.72. The monoisotopic (exact) mass is 294 g/mol. The fraction of sp³-hybridized carbons (Fsp3) is 0.316. The summed E-state index contributed by atoms with van der Waals surface area (Å²) in [4.78, 5) is 14.8. The van der Waals surface area contributed by atoms with Crippen molar-refractivity contribution in [3.05, 3.63) is 65.2 Å². The molecule has 22 heavy (non-hydrogen) atoms. The van der Waals surface area contributed by atoms with Gasteiger partial charge in [0.25, 0.3) is 5.91 Å². The number of anilines is 1. The van der Waals surface area contributed by atoms with E-state index < -0.39 is 0 Å². The molecule has 1 aliphatic rings. The van der Waals surface area contributed by atoms with Crippen molar-refractivity contribution in [1.82, 2.24) is 5.32 Å². The number of aryl methyl sites for hydroxylation is 1. The molecule has 0 aliphatic carbocycles. The Morgan fingerprint density at radius 3 is 2.32 bits per heavy atom. The van der Waals surface area contributed by atoms with Crippen molar-refractivity contribution in [2.75, 3.05) is 4.90 Å². The summed E-state index contributed by atoms with van der Waals surface area (Å²) < 4.78 is 0. The molecule has 1 aliphatic heterocycles. The minimum atomic E-state index is -0.133. The number of rotatable bonds is 2. The average molecular weight is 294 g/mol. The first-order chi connectivity index (χ1) is 10.4. The van der Waals surface area contributed by atoms with Crippen LogP contribution in [0.15, 0.2) is 48.5 Å². The molecule has 0 saturated carbocycles. The highest BCUT2D eigenvalue weighted by Crippen LogP contribution is 2.38. The summed E-state index contributed by atoms with van der Waals surface area (Å²) >= 11 is 0. The van der Waals surface area contributed by atoms with Gasteiger partial charge in [-0.2, -0.15) is 0 Å². The highest BCUT2D eigenvalue weighted by atomic mass is 16.2. The molecule has 0 radical (unpaired) electrons. The lowest BCUT2D eigenvalue weighted by molar-refractivity contribution is 0.0985. The lowest BCUT2D eigenvalue weighted by Gasteiger charge is -2.33. The maximum atomic E-state index is 12.9. The predicted octanol–water partition coefficient (Wildman–Crippen LogP) is 4.04. The molecule has 2 aromatic rings. The molecule has 3 heteroatoms. The maximum absolute atomic E-state index is 12.9. The lowest BCUT2D eigenvalue weighted by atomic mass is 10.0. The number of hydrogen-bond donors (Lipinski definition) is 1. The van der Waals surface area contributed by atoms with Gasteiger partial charge in [0, 0.05) is 22.4 Å². The first-order valence-corrected chi connectivity index (χ1v) is 7.64. The van der Waals surface area contributed by atoms with Gasteiger partial charge < -0.3 is 0 Å². The Hall–Kier alpha value is -2.13. The molecule has 1 amide bonds. The molecular weight excluding hydrogens is 272 g/mol. The van der Waals surface area contributed by atoms with Crippen LogP contribution in [0.2, 0.25) is 0 Å². The van der Waals surface area contributed by atoms with E-state index in [2.05, 4.69) is 39.1 Å². The van der Waals surface area contributed by atoms with Gasteiger partial charge in [-0.1, -0.05) is 30.3 Å². The van der Waals surface area contributed by atoms with E-state index in [1.165, 1.54) is 0 Å². The van der Waals surface area contributed by atoms with Crippen LogP contribution in [0.4, 0.5) is 5.69 Å². The molecule has 0 saturated heterocycles. The predicted molar refractivity (Wildman–Crippen MR) is 90.1 cm³/mol. The largest absolute Gasteiger partial charge is 0.288 e. The van der Waals surface area contributed by atoms with Crippen LogP contribution in [-0.2, 0) is 0 Å². The summed E-state index contributed by atoms with van der Waals surface area (Å²) in [5, 5.41) is 3.60. The highest BCUT2D eigenvalue weighted by molar-refractivity contribution is 6.11. The molecule has 3 nitrogen and oxygen atoms in total. The number of para-hydroxylation sites is 1. The second-order valence-corrected chi connectivity index (χ2v) is 6.84. The summed E-state index contributed by atoms with van der Waals surface area (Å²) in [6.07, 6.45) is -0.133. The van der Waals surface area contributed by atoms with Crippen LogP contribution in [0.3, 0.4) is 0 Å². The molecule has 1 atom stereocenters. The molecule has 1 heterocycles. The number of fused-ring (bicyclic) bond motifs is 1. The maximum Gasteiger partial charge on any atom is 0.260 e. The molecule has 0 bridgehead atoms. The van der Waals surface area contributed by atoms with E-state index in [0.717, 1.165) is 22.4 Å². The molecule has 0 fully saturated rings. The third kappa shape index (κ3) is 2.53. The van der Waals surface area contributed by atoms with Gasteiger partial charge >= 0.3 is 0 Å². The van der Waals surface area contributed by atoms with Gasteiger partial charge in [-0.3, -0.25) is 15.0 Å². The number of benzene rings is 2. The Morgan fingerprint density at radius 1 is 1.00 bits per heavy atom. The zero-order valence-electron chi connectivity index (χ0n) is 13.6. The van der Waals surface area contributed by atoms with Crippen molar-refractivity contribution >= 4 is 11.6 Å². The van der Waals surface area contributed by atoms with E-state index in [9.17, 15) is 4.79 Å². The van der Waals surface area contributed by atoms with Crippen molar-refractivity contribution in [2.24, 2.45) is 0 Å². The summed E-state index contributed by atoms with van der Waals surface area (Å²) in [5.74, 6) is 0.0617. The fourth-order valence-electron chi connectivity index (χ4n) is 3.01. The Balaban J connectivity index is 2.14. The van der Waals surface area contributed by atoms with Gasteiger partial charge in [-0.25, -0.2) is 0 Å². The van der Waals surface area contributed by atoms with Gasteiger partial charge in [-0.15, -0.1) is 0 Å². The molecule has 114 valence electrons. The van der Waals surface area contributed by atoms with Crippen LogP contribution in [0.25, 0.3) is 0 Å². The van der Waals surface area contributed by atoms with Crippen molar-refractivity contribution in [3.63, 3.8) is 0 Å². The molecular formula is C19H22N2O. The molecule has 1 N–H and O–H groups in total. The van der Waals surface area contributed by atoms with E-state index in [4.69, 9.17) is 0 Å². The smallest absolute Gasteiger partial charge is 0.260 e. The topological polar surface area (TPSA) is 32.3 Å². The highest BCUT2D eigenvalue weighted by Gasteiger charge is 2.40. The molecule has 2 aromatic carbocycles. The van der Waals surface area contributed by atoms with Crippen LogP contribution < -0.4 is 10.2 Å². The summed E-state index contributed by atoms with van der Waals surface area (Å²) in [5.41, 5.74) is 3.86. The number of hydrogen-bond acceptors (Lipinski definition) is 2. The fourth-order valence-corrected chi connectivity index (χ4v) is 3.01. The summed E-state index contributed by atoms with van der Waals surface area (Å²) in [7, 11) is 0. The molecule has 1 unspecified atom stereocenters. The Morgan fingerprint density at radius 2 is 1.68 bits per heavy atom.